The molecule has 3 aromatic rings. The molecule has 0 bridgehead atoms. The van der Waals surface area contributed by atoms with Gasteiger partial charge in [-0.2, -0.15) is 0 Å². The van der Waals surface area contributed by atoms with Gasteiger partial charge in [0.05, 0.1) is 11.4 Å². The molecule has 6 heteroatoms. The Morgan fingerprint density at radius 3 is 2.47 bits per heavy atom. The van der Waals surface area contributed by atoms with Crippen molar-refractivity contribution in [2.45, 2.75) is 58.2 Å². The van der Waals surface area contributed by atoms with E-state index in [1.54, 1.807) is 0 Å². The van der Waals surface area contributed by atoms with Crippen LogP contribution in [0.4, 0.5) is 0 Å². The standard InChI is InChI=1S/C24H30N4OS/c1-5-20(6-2)25-23(29)16-30-24-27-26-22(15-19-10-8-7-9-11-19)28(24)21-13-12-17(3)14-18(21)4/h7-14,20H,5-6,15-16H2,1-4H3,(H,25,29). The van der Waals surface area contributed by atoms with Crippen LogP contribution in [0.25, 0.3) is 5.69 Å². The molecule has 0 unspecified atom stereocenters. The van der Waals surface area contributed by atoms with Crippen molar-refractivity contribution in [2.75, 3.05) is 5.75 Å². The van der Waals surface area contributed by atoms with E-state index in [2.05, 4.69) is 78.1 Å². The predicted molar refractivity (Wildman–Crippen MR) is 123 cm³/mol. The zero-order chi connectivity index (χ0) is 21.5. The minimum absolute atomic E-state index is 0.0356. The van der Waals surface area contributed by atoms with Gasteiger partial charge in [0, 0.05) is 12.5 Å². The van der Waals surface area contributed by atoms with Crippen molar-refractivity contribution in [1.82, 2.24) is 20.1 Å². The third-order valence-electron chi connectivity index (χ3n) is 5.18. The van der Waals surface area contributed by atoms with Gasteiger partial charge in [0.2, 0.25) is 5.91 Å². The Hall–Kier alpha value is -2.60. The van der Waals surface area contributed by atoms with Crippen molar-refractivity contribution < 1.29 is 4.79 Å². The molecule has 0 aliphatic rings. The number of rotatable bonds is 9. The highest BCUT2D eigenvalue weighted by Crippen LogP contribution is 2.26. The van der Waals surface area contributed by atoms with Crippen LogP contribution in [0, 0.1) is 13.8 Å². The van der Waals surface area contributed by atoms with E-state index in [-0.39, 0.29) is 11.9 Å². The monoisotopic (exact) mass is 422 g/mol. The summed E-state index contributed by atoms with van der Waals surface area (Å²) in [6, 6.07) is 16.9. The normalized spacial score (nSPS) is 11.1. The first-order valence-corrected chi connectivity index (χ1v) is 11.5. The Labute approximate surface area is 183 Å². The largest absolute Gasteiger partial charge is 0.353 e. The predicted octanol–water partition coefficient (Wildman–Crippen LogP) is 4.87. The average molecular weight is 423 g/mol. The van der Waals surface area contributed by atoms with E-state index in [1.807, 2.05) is 18.2 Å². The zero-order valence-electron chi connectivity index (χ0n) is 18.2. The Morgan fingerprint density at radius 2 is 1.80 bits per heavy atom. The second-order valence-electron chi connectivity index (χ2n) is 7.56. The minimum Gasteiger partial charge on any atom is -0.353 e. The molecule has 1 N–H and O–H groups in total. The molecule has 1 heterocycles. The molecule has 0 spiro atoms. The molecule has 158 valence electrons. The SMILES string of the molecule is CCC(CC)NC(=O)CSc1nnc(Cc2ccccc2)n1-c1ccc(C)cc1C. The number of nitrogens with one attached hydrogen (secondary N) is 1. The molecule has 0 aliphatic heterocycles. The van der Waals surface area contributed by atoms with Crippen molar-refractivity contribution in [2.24, 2.45) is 0 Å². The fraction of sp³-hybridized carbons (Fsp3) is 0.375. The fourth-order valence-corrected chi connectivity index (χ4v) is 4.25. The van der Waals surface area contributed by atoms with Crippen LogP contribution in [0.1, 0.15) is 49.2 Å². The summed E-state index contributed by atoms with van der Waals surface area (Å²) >= 11 is 1.43. The van der Waals surface area contributed by atoms with Gasteiger partial charge in [-0.05, 0) is 43.9 Å². The number of benzene rings is 2. The van der Waals surface area contributed by atoms with Crippen LogP contribution < -0.4 is 5.32 Å². The van der Waals surface area contributed by atoms with Gasteiger partial charge < -0.3 is 5.32 Å². The number of carbonyl (C=O) groups excluding carboxylic acids is 1. The third-order valence-corrected chi connectivity index (χ3v) is 6.11. The van der Waals surface area contributed by atoms with Crippen molar-refractivity contribution in [1.29, 1.82) is 0 Å². The molecule has 0 saturated heterocycles. The third kappa shape index (κ3) is 5.51. The van der Waals surface area contributed by atoms with E-state index in [4.69, 9.17) is 0 Å². The summed E-state index contributed by atoms with van der Waals surface area (Å²) in [5.74, 6) is 1.23. The highest BCUT2D eigenvalue weighted by molar-refractivity contribution is 7.99. The lowest BCUT2D eigenvalue weighted by atomic mass is 10.1. The maximum atomic E-state index is 12.4. The number of amides is 1. The highest BCUT2D eigenvalue weighted by atomic mass is 32.2. The van der Waals surface area contributed by atoms with Gasteiger partial charge in [-0.25, -0.2) is 0 Å². The van der Waals surface area contributed by atoms with Crippen LogP contribution in [-0.2, 0) is 11.2 Å². The molecule has 1 aromatic heterocycles. The van der Waals surface area contributed by atoms with Crippen molar-refractivity contribution in [3.8, 4) is 5.69 Å². The molecule has 0 aliphatic carbocycles. The van der Waals surface area contributed by atoms with Gasteiger partial charge in [0.25, 0.3) is 0 Å². The summed E-state index contributed by atoms with van der Waals surface area (Å²) in [6.07, 6.45) is 2.56. The van der Waals surface area contributed by atoms with Crippen LogP contribution in [0.3, 0.4) is 0 Å². The van der Waals surface area contributed by atoms with Crippen LogP contribution in [0.15, 0.2) is 53.7 Å². The van der Waals surface area contributed by atoms with Crippen LogP contribution >= 0.6 is 11.8 Å². The van der Waals surface area contributed by atoms with Gasteiger partial charge in [-0.1, -0.05) is 73.6 Å². The molecular weight excluding hydrogens is 392 g/mol. The van der Waals surface area contributed by atoms with E-state index >= 15 is 0 Å². The summed E-state index contributed by atoms with van der Waals surface area (Å²) in [7, 11) is 0. The number of aryl methyl sites for hydroxylation is 2. The number of nitrogens with zero attached hydrogens (tertiary/aromatic N) is 3. The van der Waals surface area contributed by atoms with E-state index in [0.717, 1.165) is 35.1 Å². The van der Waals surface area contributed by atoms with E-state index in [1.165, 1.54) is 22.9 Å². The van der Waals surface area contributed by atoms with E-state index in [0.29, 0.717) is 12.2 Å². The molecule has 0 saturated carbocycles. The second kappa shape index (κ2) is 10.4. The first-order valence-electron chi connectivity index (χ1n) is 10.5. The van der Waals surface area contributed by atoms with Crippen molar-refractivity contribution in [3.63, 3.8) is 0 Å². The smallest absolute Gasteiger partial charge is 0.230 e. The summed E-state index contributed by atoms with van der Waals surface area (Å²) in [6.45, 7) is 8.37. The lowest BCUT2D eigenvalue weighted by Gasteiger charge is -2.15. The topological polar surface area (TPSA) is 59.8 Å². The number of hydrogen-bond acceptors (Lipinski definition) is 4. The van der Waals surface area contributed by atoms with Gasteiger partial charge in [-0.15, -0.1) is 10.2 Å². The lowest BCUT2D eigenvalue weighted by molar-refractivity contribution is -0.119. The van der Waals surface area contributed by atoms with Crippen molar-refractivity contribution >= 4 is 17.7 Å². The molecule has 5 nitrogen and oxygen atoms in total. The van der Waals surface area contributed by atoms with Gasteiger partial charge in [-0.3, -0.25) is 9.36 Å². The molecule has 1 amide bonds. The maximum absolute atomic E-state index is 12.4. The van der Waals surface area contributed by atoms with Crippen LogP contribution in [-0.4, -0.2) is 32.5 Å². The Balaban J connectivity index is 1.88. The molecule has 3 rings (SSSR count). The maximum Gasteiger partial charge on any atom is 0.230 e. The first-order chi connectivity index (χ1) is 14.5. The molecule has 30 heavy (non-hydrogen) atoms. The number of hydrogen-bond donors (Lipinski definition) is 1. The van der Waals surface area contributed by atoms with Crippen LogP contribution in [0.5, 0.6) is 0 Å². The second-order valence-corrected chi connectivity index (χ2v) is 8.50. The summed E-state index contributed by atoms with van der Waals surface area (Å²) in [5, 5.41) is 12.8. The summed E-state index contributed by atoms with van der Waals surface area (Å²) in [4.78, 5) is 12.4. The lowest BCUT2D eigenvalue weighted by Crippen LogP contribution is -2.35. The Morgan fingerprint density at radius 1 is 1.07 bits per heavy atom. The van der Waals surface area contributed by atoms with Crippen molar-refractivity contribution in [3.05, 3.63) is 71.0 Å². The number of aromatic nitrogens is 3. The average Bonchev–Trinajstić information content (AvgIpc) is 3.13. The molecule has 0 radical (unpaired) electrons. The Kier molecular flexibility index (Phi) is 7.69. The zero-order valence-corrected chi connectivity index (χ0v) is 19.0. The van der Waals surface area contributed by atoms with E-state index in [9.17, 15) is 4.79 Å². The minimum atomic E-state index is 0.0356. The number of thioether (sulfide) groups is 1. The fourth-order valence-electron chi connectivity index (χ4n) is 3.48. The quantitative estimate of drug-likeness (QED) is 0.500. The van der Waals surface area contributed by atoms with Gasteiger partial charge in [0.15, 0.2) is 5.16 Å². The molecular formula is C24H30N4OS. The molecule has 2 aromatic carbocycles. The first kappa shape index (κ1) is 22.1. The highest BCUT2D eigenvalue weighted by Gasteiger charge is 2.18. The van der Waals surface area contributed by atoms with Gasteiger partial charge >= 0.3 is 0 Å². The van der Waals surface area contributed by atoms with Crippen LogP contribution in [0.2, 0.25) is 0 Å². The number of carbonyl (C=O) groups is 1. The Bertz CT molecular complexity index is 980. The summed E-state index contributed by atoms with van der Waals surface area (Å²) < 4.78 is 2.09. The molecule has 0 atom stereocenters. The van der Waals surface area contributed by atoms with Gasteiger partial charge in [0.1, 0.15) is 5.82 Å². The van der Waals surface area contributed by atoms with E-state index < -0.39 is 0 Å². The summed E-state index contributed by atoms with van der Waals surface area (Å²) in [5.41, 5.74) is 4.61. The molecule has 0 fully saturated rings.